The topological polar surface area (TPSA) is 0 Å². The fraction of sp³-hybridized carbons (Fsp3) is 0.120. The van der Waals surface area contributed by atoms with Crippen molar-refractivity contribution in [2.45, 2.75) is 38.5 Å². The van der Waals surface area contributed by atoms with E-state index in [0.717, 1.165) is 0 Å². The van der Waals surface area contributed by atoms with E-state index in [9.17, 15) is 0 Å². The summed E-state index contributed by atoms with van der Waals surface area (Å²) in [5, 5.41) is 0. The van der Waals surface area contributed by atoms with Crippen molar-refractivity contribution >= 4 is 22.7 Å². The van der Waals surface area contributed by atoms with E-state index >= 15 is 0 Å². The number of aryl methyl sites for hydroxylation is 4. The zero-order chi connectivity index (χ0) is 35.2. The summed E-state index contributed by atoms with van der Waals surface area (Å²) in [7, 11) is 0. The van der Waals surface area contributed by atoms with E-state index in [4.69, 9.17) is 0 Å². The Morgan fingerprint density at radius 2 is 0.615 bits per heavy atom. The van der Waals surface area contributed by atoms with Crippen molar-refractivity contribution < 1.29 is 0 Å². The Labute approximate surface area is 314 Å². The Morgan fingerprint density at radius 3 is 0.923 bits per heavy atom. The van der Waals surface area contributed by atoms with Crippen LogP contribution in [0.5, 0.6) is 0 Å². The molecule has 8 aromatic rings. The lowest BCUT2D eigenvalue weighted by molar-refractivity contribution is 0.769. The van der Waals surface area contributed by atoms with Crippen LogP contribution >= 0.6 is 22.7 Å². The highest BCUT2D eigenvalue weighted by Gasteiger charge is 2.49. The summed E-state index contributed by atoms with van der Waals surface area (Å²) < 4.78 is 0. The van der Waals surface area contributed by atoms with Gasteiger partial charge in [-0.1, -0.05) is 168 Å². The van der Waals surface area contributed by atoms with Crippen LogP contribution in [0.15, 0.2) is 158 Å². The summed E-state index contributed by atoms with van der Waals surface area (Å²) in [6.07, 6.45) is 0. The molecule has 2 heterocycles. The third-order valence-electron chi connectivity index (χ3n) is 11.6. The van der Waals surface area contributed by atoms with Crippen molar-refractivity contribution in [1.82, 2.24) is 0 Å². The number of hydrogen-bond donors (Lipinski definition) is 0. The van der Waals surface area contributed by atoms with Gasteiger partial charge in [-0.25, -0.2) is 0 Å². The second-order valence-electron chi connectivity index (χ2n) is 14.8. The van der Waals surface area contributed by atoms with Crippen LogP contribution < -0.4 is 0 Å². The first-order chi connectivity index (χ1) is 25.4. The predicted octanol–water partition coefficient (Wildman–Crippen LogP) is 13.4. The first kappa shape index (κ1) is 31.5. The Morgan fingerprint density at radius 1 is 0.327 bits per heavy atom. The molecule has 2 aliphatic carbocycles. The van der Waals surface area contributed by atoms with Crippen molar-refractivity contribution in [2.24, 2.45) is 0 Å². The molecule has 0 radical (unpaired) electrons. The largest absolute Gasteiger partial charge is 0.134 e. The quantitative estimate of drug-likeness (QED) is 0.167. The minimum Gasteiger partial charge on any atom is -0.134 e. The van der Waals surface area contributed by atoms with E-state index in [1.165, 1.54) is 97.4 Å². The van der Waals surface area contributed by atoms with Crippen molar-refractivity contribution in [3.05, 3.63) is 224 Å². The van der Waals surface area contributed by atoms with Crippen LogP contribution in [0.25, 0.3) is 30.6 Å². The molecular weight excluding hydrogens is 665 g/mol. The van der Waals surface area contributed by atoms with Crippen LogP contribution in [0.1, 0.15) is 66.8 Å². The summed E-state index contributed by atoms with van der Waals surface area (Å²) in [6.45, 7) is 8.72. The van der Waals surface area contributed by atoms with Gasteiger partial charge in [0.05, 0.1) is 10.8 Å². The zero-order valence-corrected chi connectivity index (χ0v) is 31.5. The average Bonchev–Trinajstić information content (AvgIpc) is 3.92. The zero-order valence-electron chi connectivity index (χ0n) is 29.8. The molecule has 0 aliphatic heterocycles. The Balaban J connectivity index is 1.23. The summed E-state index contributed by atoms with van der Waals surface area (Å²) in [6, 6.07) is 60.3. The maximum atomic E-state index is 2.53. The average molecular weight is 703 g/mol. The molecule has 0 saturated carbocycles. The van der Waals surface area contributed by atoms with E-state index in [0.29, 0.717) is 0 Å². The number of benzene rings is 6. The second-order valence-corrected chi connectivity index (χ2v) is 16.9. The lowest BCUT2D eigenvalue weighted by atomic mass is 9.67. The lowest BCUT2D eigenvalue weighted by Gasteiger charge is -2.33. The Hall–Kier alpha value is -5.28. The van der Waals surface area contributed by atoms with Gasteiger partial charge in [-0.05, 0) is 95.5 Å². The van der Waals surface area contributed by atoms with E-state index in [2.05, 4.69) is 185 Å². The van der Waals surface area contributed by atoms with Gasteiger partial charge in [0.2, 0.25) is 0 Å². The number of hydrogen-bond acceptors (Lipinski definition) is 2. The lowest BCUT2D eigenvalue weighted by Crippen LogP contribution is -2.28. The SMILES string of the molecule is Cc1ccc(C2(c3ccc(C)cc3)c3ccccc3-c3sc(-c4cc5c(s4)-c4ccccc4C5(c4ccc(C)cc4)c4ccc(C)cc4)cc32)cc1. The molecule has 0 nitrogen and oxygen atoms in total. The van der Waals surface area contributed by atoms with Gasteiger partial charge in [-0.15, -0.1) is 22.7 Å². The molecule has 0 saturated heterocycles. The van der Waals surface area contributed by atoms with E-state index < -0.39 is 10.8 Å². The molecule has 2 heteroatoms. The summed E-state index contributed by atoms with van der Waals surface area (Å²) in [5.74, 6) is 0. The molecule has 250 valence electrons. The van der Waals surface area contributed by atoms with Gasteiger partial charge >= 0.3 is 0 Å². The van der Waals surface area contributed by atoms with Gasteiger partial charge in [0.25, 0.3) is 0 Å². The summed E-state index contributed by atoms with van der Waals surface area (Å²) in [4.78, 5) is 5.43. The van der Waals surface area contributed by atoms with Gasteiger partial charge in [-0.3, -0.25) is 0 Å². The molecule has 0 fully saturated rings. The molecule has 0 N–H and O–H groups in total. The van der Waals surface area contributed by atoms with E-state index in [-0.39, 0.29) is 0 Å². The van der Waals surface area contributed by atoms with Crippen molar-refractivity contribution in [2.75, 3.05) is 0 Å². The van der Waals surface area contributed by atoms with Crippen LogP contribution in [-0.2, 0) is 10.8 Å². The summed E-state index contributed by atoms with van der Waals surface area (Å²) >= 11 is 3.92. The van der Waals surface area contributed by atoms with Crippen LogP contribution in [0.2, 0.25) is 0 Å². The van der Waals surface area contributed by atoms with Crippen LogP contribution in [-0.4, -0.2) is 0 Å². The molecular formula is C50H38S2. The minimum absolute atomic E-state index is 0.401. The van der Waals surface area contributed by atoms with Crippen molar-refractivity contribution in [3.63, 3.8) is 0 Å². The third kappa shape index (κ3) is 4.32. The molecule has 2 aromatic heterocycles. The van der Waals surface area contributed by atoms with Crippen LogP contribution in [0, 0.1) is 27.7 Å². The van der Waals surface area contributed by atoms with Crippen LogP contribution in [0.3, 0.4) is 0 Å². The second kappa shape index (κ2) is 11.6. The number of fused-ring (bicyclic) bond motifs is 6. The maximum Gasteiger partial charge on any atom is 0.0722 e. The van der Waals surface area contributed by atoms with Gasteiger partial charge in [0.15, 0.2) is 0 Å². The van der Waals surface area contributed by atoms with Crippen LogP contribution in [0.4, 0.5) is 0 Å². The predicted molar refractivity (Wildman–Crippen MR) is 221 cm³/mol. The highest BCUT2D eigenvalue weighted by Crippen LogP contribution is 2.63. The molecule has 2 aliphatic rings. The van der Waals surface area contributed by atoms with Gasteiger partial charge in [-0.2, -0.15) is 0 Å². The fourth-order valence-corrected chi connectivity index (χ4v) is 11.7. The van der Waals surface area contributed by atoms with E-state index in [1.807, 2.05) is 22.7 Å². The Kier molecular flexibility index (Phi) is 7.03. The monoisotopic (exact) mass is 702 g/mol. The maximum absolute atomic E-state index is 2.53. The van der Waals surface area contributed by atoms with E-state index in [1.54, 1.807) is 0 Å². The standard InChI is InChI=1S/C50H38S2/c1-31-13-21-35(22-14-31)49(36-23-15-32(2)16-24-36)41-11-7-5-9-39(41)47-43(49)29-45(51-47)46-30-44-48(52-46)40-10-6-8-12-42(40)50(44,37-25-17-33(3)18-26-37)38-27-19-34(4)20-28-38/h5-30H,1-4H3. The Bertz CT molecular complexity index is 2350. The first-order valence-electron chi connectivity index (χ1n) is 18.2. The normalized spacial score (nSPS) is 14.5. The molecule has 0 amide bonds. The van der Waals surface area contributed by atoms with Gasteiger partial charge in [0.1, 0.15) is 0 Å². The number of thiophene rings is 2. The molecule has 0 unspecified atom stereocenters. The van der Waals surface area contributed by atoms with Crippen molar-refractivity contribution in [1.29, 1.82) is 0 Å². The molecule has 52 heavy (non-hydrogen) atoms. The third-order valence-corrected chi connectivity index (χ3v) is 14.1. The highest BCUT2D eigenvalue weighted by molar-refractivity contribution is 7.25. The fourth-order valence-electron chi connectivity index (χ4n) is 9.08. The molecule has 0 bridgehead atoms. The molecule has 10 rings (SSSR count). The van der Waals surface area contributed by atoms with Gasteiger partial charge < -0.3 is 0 Å². The minimum atomic E-state index is -0.401. The first-order valence-corrected chi connectivity index (χ1v) is 19.8. The number of rotatable bonds is 5. The van der Waals surface area contributed by atoms with Crippen molar-refractivity contribution in [3.8, 4) is 30.6 Å². The molecule has 6 aromatic carbocycles. The molecule has 0 spiro atoms. The smallest absolute Gasteiger partial charge is 0.0722 e. The summed E-state index contributed by atoms with van der Waals surface area (Å²) in [5.41, 5.74) is 17.8. The van der Waals surface area contributed by atoms with Gasteiger partial charge in [0, 0.05) is 19.5 Å². The highest BCUT2D eigenvalue weighted by atomic mass is 32.1. The molecule has 0 atom stereocenters.